The lowest BCUT2D eigenvalue weighted by Crippen LogP contribution is -2.49. The van der Waals surface area contributed by atoms with E-state index in [0.717, 1.165) is 39.1 Å². The van der Waals surface area contributed by atoms with Crippen LogP contribution in [0.2, 0.25) is 5.02 Å². The van der Waals surface area contributed by atoms with E-state index in [2.05, 4.69) is 32.6 Å². The molecule has 6 nitrogen and oxygen atoms in total. The summed E-state index contributed by atoms with van der Waals surface area (Å²) < 4.78 is 10.5. The van der Waals surface area contributed by atoms with E-state index in [1.807, 2.05) is 11.3 Å². The van der Waals surface area contributed by atoms with Gasteiger partial charge in [0.05, 0.1) is 31.5 Å². The molecule has 3 rings (SSSR count). The van der Waals surface area contributed by atoms with Gasteiger partial charge >= 0.3 is 0 Å². The fourth-order valence-electron chi connectivity index (χ4n) is 3.24. The Morgan fingerprint density at radius 1 is 1.14 bits per heavy atom. The summed E-state index contributed by atoms with van der Waals surface area (Å²) in [6.07, 6.45) is 1.09. The first kappa shape index (κ1) is 20.9. The summed E-state index contributed by atoms with van der Waals surface area (Å²) in [5.41, 5.74) is 0.549. The van der Waals surface area contributed by atoms with Crippen molar-refractivity contribution < 1.29 is 14.3 Å². The summed E-state index contributed by atoms with van der Waals surface area (Å²) in [5, 5.41) is 5.45. The van der Waals surface area contributed by atoms with E-state index < -0.39 is 0 Å². The standard InChI is InChI=1S/C20H26ClN3O3S/c1-26-18-13-19(27-2)17(12-16(18)21)22-20(25)14-24-9-7-23(8-10-24)6-5-15-4-3-11-28-15/h3-4,11-13H,5-10,14H2,1-2H3,(H,22,25). The average Bonchev–Trinajstić information content (AvgIpc) is 3.21. The van der Waals surface area contributed by atoms with Gasteiger partial charge in [-0.1, -0.05) is 17.7 Å². The number of nitrogens with one attached hydrogen (secondary N) is 1. The Morgan fingerprint density at radius 2 is 1.86 bits per heavy atom. The largest absolute Gasteiger partial charge is 0.495 e. The van der Waals surface area contributed by atoms with Crippen LogP contribution < -0.4 is 14.8 Å². The molecule has 2 aromatic rings. The van der Waals surface area contributed by atoms with Crippen molar-refractivity contribution in [1.82, 2.24) is 9.80 Å². The van der Waals surface area contributed by atoms with Gasteiger partial charge in [0.1, 0.15) is 11.5 Å². The van der Waals surface area contributed by atoms with Crippen molar-refractivity contribution in [1.29, 1.82) is 0 Å². The van der Waals surface area contributed by atoms with Gasteiger partial charge in [-0.2, -0.15) is 0 Å². The van der Waals surface area contributed by atoms with Crippen molar-refractivity contribution in [3.05, 3.63) is 39.5 Å². The van der Waals surface area contributed by atoms with Gasteiger partial charge in [0, 0.05) is 43.7 Å². The van der Waals surface area contributed by atoms with E-state index in [1.165, 1.54) is 4.88 Å². The van der Waals surface area contributed by atoms with Crippen molar-refractivity contribution in [3.8, 4) is 11.5 Å². The molecule has 1 aliphatic rings. The molecule has 1 fully saturated rings. The molecule has 2 heterocycles. The van der Waals surface area contributed by atoms with Crippen LogP contribution in [0.15, 0.2) is 29.6 Å². The van der Waals surface area contributed by atoms with Crippen LogP contribution >= 0.6 is 22.9 Å². The van der Waals surface area contributed by atoms with E-state index in [1.54, 1.807) is 26.4 Å². The highest BCUT2D eigenvalue weighted by Gasteiger charge is 2.20. The van der Waals surface area contributed by atoms with Crippen molar-refractivity contribution in [2.24, 2.45) is 0 Å². The molecule has 1 N–H and O–H groups in total. The number of hydrogen-bond donors (Lipinski definition) is 1. The molecule has 0 atom stereocenters. The molecule has 1 aromatic carbocycles. The van der Waals surface area contributed by atoms with Crippen LogP contribution in [0, 0.1) is 0 Å². The number of carbonyl (C=O) groups excluding carboxylic acids is 1. The molecule has 0 radical (unpaired) electrons. The number of rotatable bonds is 8. The van der Waals surface area contributed by atoms with Crippen molar-refractivity contribution >= 4 is 34.5 Å². The Balaban J connectivity index is 1.46. The molecule has 1 amide bonds. The highest BCUT2D eigenvalue weighted by atomic mass is 35.5. The fourth-order valence-corrected chi connectivity index (χ4v) is 4.18. The van der Waals surface area contributed by atoms with Gasteiger partial charge < -0.3 is 19.7 Å². The summed E-state index contributed by atoms with van der Waals surface area (Å²) in [7, 11) is 3.09. The lowest BCUT2D eigenvalue weighted by atomic mass is 10.2. The summed E-state index contributed by atoms with van der Waals surface area (Å²) in [4.78, 5) is 18.5. The number of nitrogens with zero attached hydrogens (tertiary/aromatic N) is 2. The minimum atomic E-state index is -0.0773. The maximum absolute atomic E-state index is 12.5. The van der Waals surface area contributed by atoms with Crippen LogP contribution in [0.25, 0.3) is 0 Å². The molecule has 28 heavy (non-hydrogen) atoms. The first-order valence-electron chi connectivity index (χ1n) is 9.27. The normalized spacial score (nSPS) is 15.4. The minimum Gasteiger partial charge on any atom is -0.495 e. The first-order valence-corrected chi connectivity index (χ1v) is 10.5. The number of carbonyl (C=O) groups is 1. The predicted octanol–water partition coefficient (Wildman–Crippen LogP) is 3.22. The number of ether oxygens (including phenoxy) is 2. The topological polar surface area (TPSA) is 54.0 Å². The number of hydrogen-bond acceptors (Lipinski definition) is 6. The zero-order valence-corrected chi connectivity index (χ0v) is 17.8. The Kier molecular flexibility index (Phi) is 7.56. The van der Waals surface area contributed by atoms with Gasteiger partial charge in [-0.25, -0.2) is 0 Å². The van der Waals surface area contributed by atoms with Crippen molar-refractivity contribution in [3.63, 3.8) is 0 Å². The Morgan fingerprint density at radius 3 is 2.50 bits per heavy atom. The van der Waals surface area contributed by atoms with E-state index in [-0.39, 0.29) is 5.91 Å². The van der Waals surface area contributed by atoms with Crippen LogP contribution in [0.1, 0.15) is 4.88 Å². The number of amides is 1. The van der Waals surface area contributed by atoms with E-state index in [9.17, 15) is 4.79 Å². The second-order valence-corrected chi connectivity index (χ2v) is 8.12. The van der Waals surface area contributed by atoms with E-state index in [4.69, 9.17) is 21.1 Å². The SMILES string of the molecule is COc1cc(OC)c(NC(=O)CN2CCN(CCc3cccs3)CC2)cc1Cl. The fraction of sp³-hybridized carbons (Fsp3) is 0.450. The summed E-state index contributed by atoms with van der Waals surface area (Å²) >= 11 is 7.98. The minimum absolute atomic E-state index is 0.0773. The molecule has 0 saturated carbocycles. The molecule has 1 aliphatic heterocycles. The zero-order valence-electron chi connectivity index (χ0n) is 16.2. The van der Waals surface area contributed by atoms with Crippen molar-refractivity contribution in [2.75, 3.05) is 58.8 Å². The molecule has 152 valence electrons. The van der Waals surface area contributed by atoms with Gasteiger partial charge in [0.2, 0.25) is 5.91 Å². The van der Waals surface area contributed by atoms with Gasteiger partial charge in [-0.15, -0.1) is 11.3 Å². The Labute approximate surface area is 175 Å². The maximum atomic E-state index is 12.5. The van der Waals surface area contributed by atoms with Crippen LogP contribution in [-0.4, -0.2) is 69.2 Å². The summed E-state index contributed by atoms with van der Waals surface area (Å²) in [6.45, 7) is 5.16. The second kappa shape index (κ2) is 10.1. The quantitative estimate of drug-likeness (QED) is 0.706. The highest BCUT2D eigenvalue weighted by Crippen LogP contribution is 2.35. The Hall–Kier alpha value is -1.80. The zero-order chi connectivity index (χ0) is 19.9. The molecule has 0 spiro atoms. The predicted molar refractivity (Wildman–Crippen MR) is 114 cm³/mol. The van der Waals surface area contributed by atoms with E-state index in [0.29, 0.717) is 28.8 Å². The molecule has 8 heteroatoms. The number of halogens is 1. The smallest absolute Gasteiger partial charge is 0.238 e. The number of methoxy groups -OCH3 is 2. The maximum Gasteiger partial charge on any atom is 0.238 e. The number of thiophene rings is 1. The molecule has 0 aliphatic carbocycles. The molecule has 0 unspecified atom stereocenters. The van der Waals surface area contributed by atoms with Crippen LogP contribution in [0.5, 0.6) is 11.5 Å². The lowest BCUT2D eigenvalue weighted by molar-refractivity contribution is -0.117. The molecule has 1 saturated heterocycles. The second-order valence-electron chi connectivity index (χ2n) is 6.68. The number of benzene rings is 1. The number of anilines is 1. The van der Waals surface area contributed by atoms with Crippen molar-refractivity contribution in [2.45, 2.75) is 6.42 Å². The van der Waals surface area contributed by atoms with Crippen LogP contribution in [0.3, 0.4) is 0 Å². The molecular formula is C20H26ClN3O3S. The van der Waals surface area contributed by atoms with Gasteiger partial charge in [-0.3, -0.25) is 9.69 Å². The van der Waals surface area contributed by atoms with Crippen LogP contribution in [-0.2, 0) is 11.2 Å². The molecular weight excluding hydrogens is 398 g/mol. The average molecular weight is 424 g/mol. The third-order valence-electron chi connectivity index (χ3n) is 4.83. The van der Waals surface area contributed by atoms with Gasteiger partial charge in [0.25, 0.3) is 0 Å². The Bertz CT molecular complexity index is 777. The summed E-state index contributed by atoms with van der Waals surface area (Å²) in [5.74, 6) is 0.953. The first-order chi connectivity index (χ1) is 13.6. The molecule has 0 bridgehead atoms. The van der Waals surface area contributed by atoms with Gasteiger partial charge in [0.15, 0.2) is 0 Å². The highest BCUT2D eigenvalue weighted by molar-refractivity contribution is 7.09. The van der Waals surface area contributed by atoms with Crippen LogP contribution in [0.4, 0.5) is 5.69 Å². The third-order valence-corrected chi connectivity index (χ3v) is 6.07. The lowest BCUT2D eigenvalue weighted by Gasteiger charge is -2.34. The number of piperazine rings is 1. The van der Waals surface area contributed by atoms with Gasteiger partial charge in [-0.05, 0) is 23.9 Å². The van der Waals surface area contributed by atoms with E-state index >= 15 is 0 Å². The monoisotopic (exact) mass is 423 g/mol. The molecule has 1 aromatic heterocycles. The summed E-state index contributed by atoms with van der Waals surface area (Å²) in [6, 6.07) is 7.61. The third kappa shape index (κ3) is 5.61.